The summed E-state index contributed by atoms with van der Waals surface area (Å²) in [5.41, 5.74) is 5.70. The van der Waals surface area contributed by atoms with Gasteiger partial charge in [0, 0.05) is 16.9 Å². The van der Waals surface area contributed by atoms with Crippen molar-refractivity contribution >= 4 is 21.9 Å². The van der Waals surface area contributed by atoms with Crippen LogP contribution in [0.15, 0.2) is 35.1 Å². The SMILES string of the molecule is Nc1nccn1-c1ccc(Br)cc1OC(F)(F)F. The summed E-state index contributed by atoms with van der Waals surface area (Å²) in [6, 6.07) is 4.24. The van der Waals surface area contributed by atoms with Crippen LogP contribution in [0.2, 0.25) is 0 Å². The second-order valence-electron chi connectivity index (χ2n) is 3.32. The van der Waals surface area contributed by atoms with E-state index in [0.29, 0.717) is 4.47 Å². The smallest absolute Gasteiger partial charge is 0.403 e. The summed E-state index contributed by atoms with van der Waals surface area (Å²) in [5.74, 6) is -0.286. The summed E-state index contributed by atoms with van der Waals surface area (Å²) in [7, 11) is 0. The van der Waals surface area contributed by atoms with Crippen LogP contribution in [-0.4, -0.2) is 15.9 Å². The summed E-state index contributed by atoms with van der Waals surface area (Å²) in [6.45, 7) is 0. The number of imidazole rings is 1. The quantitative estimate of drug-likeness (QED) is 0.924. The van der Waals surface area contributed by atoms with Gasteiger partial charge in [-0.25, -0.2) is 4.98 Å². The standard InChI is InChI=1S/C10H7BrF3N3O/c11-6-1-2-7(17-4-3-16-9(17)15)8(5-6)18-10(12,13)14/h1-5H,(H2,15,16). The van der Waals surface area contributed by atoms with E-state index in [1.807, 2.05) is 0 Å². The molecule has 1 aromatic carbocycles. The minimum absolute atomic E-state index is 0.0735. The van der Waals surface area contributed by atoms with Gasteiger partial charge in [0.25, 0.3) is 0 Å². The molecule has 2 rings (SSSR count). The van der Waals surface area contributed by atoms with Crippen molar-refractivity contribution in [1.82, 2.24) is 9.55 Å². The lowest BCUT2D eigenvalue weighted by Crippen LogP contribution is -2.18. The number of alkyl halides is 3. The normalized spacial score (nSPS) is 11.6. The lowest BCUT2D eigenvalue weighted by Gasteiger charge is -2.14. The predicted molar refractivity (Wildman–Crippen MR) is 62.4 cm³/mol. The number of anilines is 1. The highest BCUT2D eigenvalue weighted by molar-refractivity contribution is 9.10. The molecule has 0 aliphatic carbocycles. The Labute approximate surface area is 108 Å². The number of hydrogen-bond donors (Lipinski definition) is 1. The Bertz CT molecular complexity index is 568. The zero-order chi connectivity index (χ0) is 13.3. The van der Waals surface area contributed by atoms with E-state index in [1.165, 1.54) is 29.1 Å². The van der Waals surface area contributed by atoms with E-state index >= 15 is 0 Å². The van der Waals surface area contributed by atoms with Crippen molar-refractivity contribution in [1.29, 1.82) is 0 Å². The number of rotatable bonds is 2. The highest BCUT2D eigenvalue weighted by Gasteiger charge is 2.32. The molecule has 2 N–H and O–H groups in total. The number of ether oxygens (including phenoxy) is 1. The van der Waals surface area contributed by atoms with Gasteiger partial charge >= 0.3 is 6.36 Å². The Morgan fingerprint density at radius 1 is 1.33 bits per heavy atom. The molecule has 1 aromatic heterocycles. The van der Waals surface area contributed by atoms with Crippen molar-refractivity contribution < 1.29 is 17.9 Å². The lowest BCUT2D eigenvalue weighted by atomic mass is 10.3. The second kappa shape index (κ2) is 4.52. The zero-order valence-corrected chi connectivity index (χ0v) is 10.4. The fourth-order valence-corrected chi connectivity index (χ4v) is 1.75. The molecule has 0 saturated heterocycles. The van der Waals surface area contributed by atoms with Crippen LogP contribution in [0.1, 0.15) is 0 Å². The molecule has 0 aliphatic rings. The highest BCUT2D eigenvalue weighted by Crippen LogP contribution is 2.32. The lowest BCUT2D eigenvalue weighted by molar-refractivity contribution is -0.274. The fraction of sp³-hybridized carbons (Fsp3) is 0.100. The molecule has 0 atom stereocenters. The van der Waals surface area contributed by atoms with Crippen LogP contribution in [0.5, 0.6) is 5.75 Å². The third-order valence-electron chi connectivity index (χ3n) is 2.08. The first-order valence-electron chi connectivity index (χ1n) is 4.71. The second-order valence-corrected chi connectivity index (χ2v) is 4.23. The first kappa shape index (κ1) is 12.7. The Morgan fingerprint density at radius 3 is 2.61 bits per heavy atom. The average Bonchev–Trinajstić information content (AvgIpc) is 2.62. The molecule has 8 heteroatoms. The van der Waals surface area contributed by atoms with Crippen molar-refractivity contribution in [3.05, 3.63) is 35.1 Å². The van der Waals surface area contributed by atoms with Gasteiger partial charge in [-0.15, -0.1) is 13.2 Å². The monoisotopic (exact) mass is 321 g/mol. The van der Waals surface area contributed by atoms with Gasteiger partial charge in [0.1, 0.15) is 0 Å². The van der Waals surface area contributed by atoms with Gasteiger partial charge in [-0.3, -0.25) is 4.57 Å². The van der Waals surface area contributed by atoms with E-state index in [-0.39, 0.29) is 17.4 Å². The van der Waals surface area contributed by atoms with Crippen LogP contribution in [0, 0.1) is 0 Å². The maximum atomic E-state index is 12.3. The number of nitrogens with zero attached hydrogens (tertiary/aromatic N) is 2. The molecule has 1 heterocycles. The number of hydrogen-bond acceptors (Lipinski definition) is 3. The summed E-state index contributed by atoms with van der Waals surface area (Å²) in [4.78, 5) is 3.75. The van der Waals surface area contributed by atoms with E-state index in [2.05, 4.69) is 25.7 Å². The Balaban J connectivity index is 2.51. The average molecular weight is 322 g/mol. The molecule has 0 aliphatic heterocycles. The molecule has 18 heavy (non-hydrogen) atoms. The van der Waals surface area contributed by atoms with Crippen molar-refractivity contribution in [2.75, 3.05) is 5.73 Å². The van der Waals surface area contributed by atoms with Gasteiger partial charge in [-0.05, 0) is 18.2 Å². The molecule has 2 aromatic rings. The summed E-state index contributed by atoms with van der Waals surface area (Å²) >= 11 is 3.08. The maximum Gasteiger partial charge on any atom is 0.573 e. The van der Waals surface area contributed by atoms with E-state index in [4.69, 9.17) is 5.73 Å². The first-order valence-corrected chi connectivity index (χ1v) is 5.50. The summed E-state index contributed by atoms with van der Waals surface area (Å²) < 4.78 is 42.6. The van der Waals surface area contributed by atoms with Crippen LogP contribution in [0.3, 0.4) is 0 Å². The minimum atomic E-state index is -4.77. The van der Waals surface area contributed by atoms with Gasteiger partial charge < -0.3 is 10.5 Å². The van der Waals surface area contributed by atoms with Gasteiger partial charge in [0.15, 0.2) is 5.75 Å². The van der Waals surface area contributed by atoms with E-state index in [9.17, 15) is 13.2 Å². The molecule has 0 fully saturated rings. The molecular formula is C10H7BrF3N3O. The van der Waals surface area contributed by atoms with Crippen LogP contribution in [0.4, 0.5) is 19.1 Å². The largest absolute Gasteiger partial charge is 0.573 e. The van der Waals surface area contributed by atoms with E-state index in [0.717, 1.165) is 0 Å². The molecule has 0 saturated carbocycles. The highest BCUT2D eigenvalue weighted by atomic mass is 79.9. The van der Waals surface area contributed by atoms with Gasteiger partial charge in [0.05, 0.1) is 5.69 Å². The molecule has 0 amide bonds. The molecule has 4 nitrogen and oxygen atoms in total. The van der Waals surface area contributed by atoms with Crippen LogP contribution in [0.25, 0.3) is 5.69 Å². The molecule has 0 spiro atoms. The molecule has 0 radical (unpaired) electrons. The van der Waals surface area contributed by atoms with Crippen molar-refractivity contribution in [3.63, 3.8) is 0 Å². The third kappa shape index (κ3) is 2.76. The van der Waals surface area contributed by atoms with E-state index in [1.54, 1.807) is 6.07 Å². The molecule has 0 bridgehead atoms. The van der Waals surface area contributed by atoms with Gasteiger partial charge in [-0.2, -0.15) is 0 Å². The third-order valence-corrected chi connectivity index (χ3v) is 2.57. The van der Waals surface area contributed by atoms with Gasteiger partial charge in [0.2, 0.25) is 5.95 Å². The van der Waals surface area contributed by atoms with Crippen molar-refractivity contribution in [2.24, 2.45) is 0 Å². The van der Waals surface area contributed by atoms with Crippen LogP contribution < -0.4 is 10.5 Å². The number of nitrogens with two attached hydrogens (primary N) is 1. The van der Waals surface area contributed by atoms with Crippen LogP contribution in [-0.2, 0) is 0 Å². The van der Waals surface area contributed by atoms with Crippen molar-refractivity contribution in [2.45, 2.75) is 6.36 Å². The molecule has 0 unspecified atom stereocenters. The maximum absolute atomic E-state index is 12.3. The number of halogens is 4. The predicted octanol–water partition coefficient (Wildman–Crippen LogP) is 3.12. The number of nitrogen functional groups attached to an aromatic ring is 1. The molecular weight excluding hydrogens is 315 g/mol. The summed E-state index contributed by atoms with van der Waals surface area (Å²) in [5, 5.41) is 0. The summed E-state index contributed by atoms with van der Waals surface area (Å²) in [6.07, 6.45) is -1.94. The Hall–Kier alpha value is -1.70. The fourth-order valence-electron chi connectivity index (χ4n) is 1.41. The topological polar surface area (TPSA) is 53.1 Å². The van der Waals surface area contributed by atoms with Gasteiger partial charge in [-0.1, -0.05) is 15.9 Å². The van der Waals surface area contributed by atoms with E-state index < -0.39 is 6.36 Å². The molecule has 96 valence electrons. The van der Waals surface area contributed by atoms with Crippen LogP contribution >= 0.6 is 15.9 Å². The zero-order valence-electron chi connectivity index (χ0n) is 8.78. The minimum Gasteiger partial charge on any atom is -0.403 e. The Kier molecular flexibility index (Phi) is 3.20. The Morgan fingerprint density at radius 2 is 2.06 bits per heavy atom. The van der Waals surface area contributed by atoms with Crippen molar-refractivity contribution in [3.8, 4) is 11.4 Å². The first-order chi connectivity index (χ1) is 8.37. The number of benzene rings is 1. The number of aromatic nitrogens is 2.